The summed E-state index contributed by atoms with van der Waals surface area (Å²) < 4.78 is 57.3. The van der Waals surface area contributed by atoms with E-state index in [-0.39, 0.29) is 24.3 Å². The number of hydrogen-bond donors (Lipinski definition) is 2. The lowest BCUT2D eigenvalue weighted by molar-refractivity contribution is -0.120. The van der Waals surface area contributed by atoms with Crippen molar-refractivity contribution in [2.24, 2.45) is 0 Å². The molecule has 0 fully saturated rings. The van der Waals surface area contributed by atoms with E-state index in [2.05, 4.69) is 20.3 Å². The minimum absolute atomic E-state index is 0.0225. The fourth-order valence-corrected chi connectivity index (χ4v) is 6.01. The van der Waals surface area contributed by atoms with Crippen LogP contribution in [0.3, 0.4) is 0 Å². The summed E-state index contributed by atoms with van der Waals surface area (Å²) in [5, 5.41) is 2.35. The number of rotatable bonds is 7. The molecule has 2 aromatic carbocycles. The largest absolute Gasteiger partial charge is 0.330 e. The molecule has 11 nitrogen and oxygen atoms in total. The van der Waals surface area contributed by atoms with E-state index >= 15 is 0 Å². The van der Waals surface area contributed by atoms with Gasteiger partial charge in [-0.15, -0.1) is 11.3 Å². The van der Waals surface area contributed by atoms with Gasteiger partial charge < -0.3 is 10.2 Å². The Morgan fingerprint density at radius 1 is 1.10 bits per heavy atom. The van der Waals surface area contributed by atoms with Crippen LogP contribution in [0.25, 0.3) is 10.2 Å². The van der Waals surface area contributed by atoms with E-state index in [1.54, 1.807) is 23.7 Å². The van der Waals surface area contributed by atoms with Crippen molar-refractivity contribution >= 4 is 55.2 Å². The zero-order chi connectivity index (χ0) is 27.7. The maximum Gasteiger partial charge on any atom is 0.330 e. The molecule has 5 rings (SSSR count). The van der Waals surface area contributed by atoms with Gasteiger partial charge in [0.25, 0.3) is 0 Å². The first-order chi connectivity index (χ1) is 18.6. The number of anilines is 2. The van der Waals surface area contributed by atoms with Crippen LogP contribution in [0.1, 0.15) is 11.3 Å². The molecule has 202 valence electrons. The Morgan fingerprint density at radius 3 is 2.62 bits per heavy atom. The third kappa shape index (κ3) is 5.63. The molecule has 1 atom stereocenters. The topological polar surface area (TPSA) is 137 Å². The van der Waals surface area contributed by atoms with E-state index in [4.69, 9.17) is 0 Å². The van der Waals surface area contributed by atoms with E-state index in [0.717, 1.165) is 21.1 Å². The average Bonchev–Trinajstić information content (AvgIpc) is 3.53. The number of likely N-dealkylation sites (N-methyl/N-ethyl adjacent to an activating group) is 1. The molecule has 0 spiro atoms. The number of thiazole rings is 1. The van der Waals surface area contributed by atoms with Crippen molar-refractivity contribution in [3.63, 3.8) is 0 Å². The van der Waals surface area contributed by atoms with Crippen LogP contribution in [0.4, 0.5) is 25.1 Å². The first-order valence-corrected chi connectivity index (χ1v) is 13.9. The first-order valence-electron chi connectivity index (χ1n) is 11.6. The molecule has 4 aromatic rings. The van der Waals surface area contributed by atoms with Crippen molar-refractivity contribution in [1.82, 2.24) is 25.0 Å². The van der Waals surface area contributed by atoms with E-state index in [1.807, 2.05) is 4.72 Å². The fraction of sp³-hybridized carbons (Fsp3) is 0.208. The van der Waals surface area contributed by atoms with Gasteiger partial charge >= 0.3 is 16.2 Å². The lowest BCUT2D eigenvalue weighted by atomic mass is 10.0. The van der Waals surface area contributed by atoms with Crippen LogP contribution in [-0.4, -0.2) is 54.9 Å². The summed E-state index contributed by atoms with van der Waals surface area (Å²) in [6.07, 6.45) is 2.76. The van der Waals surface area contributed by atoms with Crippen LogP contribution >= 0.6 is 11.3 Å². The number of carbonyl (C=O) groups is 2. The molecule has 2 aromatic heterocycles. The van der Waals surface area contributed by atoms with Gasteiger partial charge in [0.05, 0.1) is 21.4 Å². The molecular weight excluding hydrogens is 552 g/mol. The first kappa shape index (κ1) is 26.4. The van der Waals surface area contributed by atoms with E-state index in [0.29, 0.717) is 29.4 Å². The zero-order valence-electron chi connectivity index (χ0n) is 20.3. The molecule has 3 heterocycles. The van der Waals surface area contributed by atoms with Gasteiger partial charge in [0.15, 0.2) is 5.82 Å². The molecule has 0 radical (unpaired) electrons. The van der Waals surface area contributed by atoms with Crippen molar-refractivity contribution < 1.29 is 26.8 Å². The maximum absolute atomic E-state index is 13.9. The summed E-state index contributed by atoms with van der Waals surface area (Å²) in [7, 11) is -2.94. The molecule has 0 saturated heterocycles. The maximum atomic E-state index is 13.9. The molecular formula is C24H21F2N7O4S2. The quantitative estimate of drug-likeness (QED) is 0.347. The Hall–Kier alpha value is -4.24. The van der Waals surface area contributed by atoms with Gasteiger partial charge in [0, 0.05) is 50.6 Å². The van der Waals surface area contributed by atoms with Crippen LogP contribution < -0.4 is 19.2 Å². The van der Waals surface area contributed by atoms with Crippen LogP contribution in [0.2, 0.25) is 0 Å². The number of nitrogens with one attached hydrogen (secondary N) is 2. The summed E-state index contributed by atoms with van der Waals surface area (Å²) in [5.74, 6) is -2.28. The average molecular weight is 574 g/mol. The molecule has 0 saturated carbocycles. The van der Waals surface area contributed by atoms with E-state index in [1.165, 1.54) is 35.7 Å². The standard InChI is InChI=1S/C24H21F2N7O4S2/c1-32(17-2-3-21-19(12-17)29-13-38-21)23(34)20(10-14-8-15(25)11-16(26)9-14)30-24(35)31-39(36,37)33-7-4-18-22(33)28-6-5-27-18/h2-3,5-6,8-9,11-13,20H,4,7,10H2,1H3,(H2,30,31,35)/t20-/m0/s1. The number of halogens is 2. The Labute approximate surface area is 225 Å². The summed E-state index contributed by atoms with van der Waals surface area (Å²) in [4.78, 5) is 40.0. The predicted molar refractivity (Wildman–Crippen MR) is 141 cm³/mol. The molecule has 39 heavy (non-hydrogen) atoms. The number of carbonyl (C=O) groups excluding carboxylic acids is 2. The molecule has 0 unspecified atom stereocenters. The number of urea groups is 1. The number of benzene rings is 2. The van der Waals surface area contributed by atoms with Crippen LogP contribution in [0.5, 0.6) is 0 Å². The fourth-order valence-electron chi connectivity index (χ4n) is 4.23. The molecule has 15 heteroatoms. The highest BCUT2D eigenvalue weighted by Gasteiger charge is 2.34. The van der Waals surface area contributed by atoms with Crippen molar-refractivity contribution in [3.05, 3.63) is 77.2 Å². The van der Waals surface area contributed by atoms with Crippen molar-refractivity contribution in [3.8, 4) is 0 Å². The summed E-state index contributed by atoms with van der Waals surface area (Å²) >= 11 is 1.43. The summed E-state index contributed by atoms with van der Waals surface area (Å²) in [6.45, 7) is 0.0225. The smallest absolute Gasteiger partial charge is 0.325 e. The Balaban J connectivity index is 1.38. The highest BCUT2D eigenvalue weighted by molar-refractivity contribution is 7.91. The van der Waals surface area contributed by atoms with Gasteiger partial charge in [-0.1, -0.05) is 0 Å². The normalized spacial score (nSPS) is 13.7. The molecule has 3 amide bonds. The monoisotopic (exact) mass is 573 g/mol. The van der Waals surface area contributed by atoms with Gasteiger partial charge in [-0.3, -0.25) is 9.78 Å². The second kappa shape index (κ2) is 10.5. The minimum atomic E-state index is -4.40. The number of hydrogen-bond acceptors (Lipinski definition) is 8. The van der Waals surface area contributed by atoms with Gasteiger partial charge in [-0.2, -0.15) is 8.42 Å². The number of nitrogens with zero attached hydrogens (tertiary/aromatic N) is 5. The van der Waals surface area contributed by atoms with Crippen molar-refractivity contribution in [1.29, 1.82) is 0 Å². The van der Waals surface area contributed by atoms with E-state index in [9.17, 15) is 26.8 Å². The minimum Gasteiger partial charge on any atom is -0.325 e. The molecule has 0 bridgehead atoms. The molecule has 1 aliphatic heterocycles. The number of amides is 3. The van der Waals surface area contributed by atoms with Gasteiger partial charge in [0.2, 0.25) is 5.91 Å². The third-order valence-corrected chi connectivity index (χ3v) is 8.24. The van der Waals surface area contributed by atoms with Crippen LogP contribution in [-0.2, 0) is 27.8 Å². The van der Waals surface area contributed by atoms with Crippen LogP contribution in [0.15, 0.2) is 54.3 Å². The lowest BCUT2D eigenvalue weighted by Crippen LogP contribution is -2.54. The highest BCUT2D eigenvalue weighted by Crippen LogP contribution is 2.26. The van der Waals surface area contributed by atoms with E-state index < -0.39 is 39.8 Å². The lowest BCUT2D eigenvalue weighted by Gasteiger charge is -2.26. The zero-order valence-corrected chi connectivity index (χ0v) is 22.0. The molecule has 2 N–H and O–H groups in total. The summed E-state index contributed by atoms with van der Waals surface area (Å²) in [6, 6.07) is 5.30. The molecule has 0 aliphatic carbocycles. The predicted octanol–water partition coefficient (Wildman–Crippen LogP) is 2.55. The Morgan fingerprint density at radius 2 is 1.85 bits per heavy atom. The SMILES string of the molecule is CN(C(=O)[C@H](Cc1cc(F)cc(F)c1)NC(=O)NS(=O)(=O)N1CCc2nccnc21)c1ccc2scnc2c1. The highest BCUT2D eigenvalue weighted by atomic mass is 32.2. The Kier molecular flexibility index (Phi) is 7.10. The van der Waals surface area contributed by atoms with Gasteiger partial charge in [-0.25, -0.2) is 32.6 Å². The third-order valence-electron chi connectivity index (χ3n) is 6.05. The summed E-state index contributed by atoms with van der Waals surface area (Å²) in [5.41, 5.74) is 3.32. The van der Waals surface area contributed by atoms with Gasteiger partial charge in [-0.05, 0) is 35.9 Å². The second-order valence-corrected chi connectivity index (χ2v) is 11.1. The van der Waals surface area contributed by atoms with Crippen molar-refractivity contribution in [2.75, 3.05) is 22.8 Å². The van der Waals surface area contributed by atoms with Crippen LogP contribution in [0, 0.1) is 11.6 Å². The van der Waals surface area contributed by atoms with Crippen molar-refractivity contribution in [2.45, 2.75) is 18.9 Å². The number of aromatic nitrogens is 3. The number of fused-ring (bicyclic) bond motifs is 2. The Bertz CT molecular complexity index is 1660. The second-order valence-electron chi connectivity index (χ2n) is 8.67. The van der Waals surface area contributed by atoms with Gasteiger partial charge in [0.1, 0.15) is 17.7 Å². The molecule has 1 aliphatic rings.